The van der Waals surface area contributed by atoms with Crippen LogP contribution < -0.4 is 16.1 Å². The number of carbonyl (C=O) groups excluding carboxylic acids is 2. The second-order valence-electron chi connectivity index (χ2n) is 4.73. The van der Waals surface area contributed by atoms with Crippen molar-refractivity contribution in [2.24, 2.45) is 4.99 Å². The third kappa shape index (κ3) is 2.09. The molecule has 2 heterocycles. The molecular formula is C13H15N5O3. The van der Waals surface area contributed by atoms with E-state index in [0.29, 0.717) is 5.84 Å². The Hall–Kier alpha value is -2.61. The van der Waals surface area contributed by atoms with E-state index in [1.165, 1.54) is 19.0 Å². The van der Waals surface area contributed by atoms with E-state index in [0.717, 1.165) is 5.56 Å². The van der Waals surface area contributed by atoms with E-state index in [9.17, 15) is 9.59 Å². The quantitative estimate of drug-likeness (QED) is 0.699. The van der Waals surface area contributed by atoms with Crippen LogP contribution in [0.15, 0.2) is 35.3 Å². The fraction of sp³-hybridized carbons (Fsp3) is 0.308. The van der Waals surface area contributed by atoms with E-state index >= 15 is 0 Å². The van der Waals surface area contributed by atoms with Gasteiger partial charge in [-0.05, 0) is 0 Å². The summed E-state index contributed by atoms with van der Waals surface area (Å²) in [6.07, 6.45) is -0.764. The number of fused-ring (bicyclic) bond motifs is 1. The van der Waals surface area contributed by atoms with Gasteiger partial charge >= 0.3 is 6.03 Å². The average molecular weight is 289 g/mol. The minimum absolute atomic E-state index is 0.270. The molecule has 0 spiro atoms. The number of rotatable bonds is 2. The lowest BCUT2D eigenvalue weighted by Gasteiger charge is -2.40. The molecule has 2 aliphatic heterocycles. The standard InChI is InChI=1S/C13H15N5O3/c1-8(19)18-11-13(21-2,16-12(20)14-11)15-10(17-18)9-6-4-3-5-7-9/h3-7,11H,1-2H3,(H,15,17)(H2,14,16,20). The molecule has 8 nitrogen and oxygen atoms in total. The summed E-state index contributed by atoms with van der Waals surface area (Å²) in [4.78, 5) is 27.9. The third-order valence-electron chi connectivity index (χ3n) is 3.39. The molecule has 3 rings (SSSR count). The van der Waals surface area contributed by atoms with Crippen molar-refractivity contribution in [3.8, 4) is 0 Å². The Bertz CT molecular complexity index is 617. The van der Waals surface area contributed by atoms with Gasteiger partial charge in [-0.15, -0.1) is 0 Å². The van der Waals surface area contributed by atoms with Gasteiger partial charge < -0.3 is 10.1 Å². The summed E-state index contributed by atoms with van der Waals surface area (Å²) in [5.74, 6) is -1.18. The van der Waals surface area contributed by atoms with Crippen LogP contribution >= 0.6 is 0 Å². The van der Waals surface area contributed by atoms with Crippen molar-refractivity contribution >= 4 is 17.8 Å². The molecule has 0 saturated carbocycles. The highest BCUT2D eigenvalue weighted by molar-refractivity contribution is 6.01. The lowest BCUT2D eigenvalue weighted by Crippen LogP contribution is -2.68. The van der Waals surface area contributed by atoms with Gasteiger partial charge in [-0.1, -0.05) is 30.3 Å². The molecule has 0 aliphatic carbocycles. The average Bonchev–Trinajstić information content (AvgIpc) is 2.83. The summed E-state index contributed by atoms with van der Waals surface area (Å²) in [6.45, 7) is 1.39. The van der Waals surface area contributed by atoms with Gasteiger partial charge in [0.25, 0.3) is 5.85 Å². The Kier molecular flexibility index (Phi) is 3.02. The topological polar surface area (TPSA) is 95.1 Å². The van der Waals surface area contributed by atoms with Crippen LogP contribution in [-0.4, -0.2) is 41.9 Å². The first kappa shape index (κ1) is 13.4. The number of aliphatic imine (C=N–C) groups is 1. The molecule has 110 valence electrons. The Morgan fingerprint density at radius 3 is 2.71 bits per heavy atom. The highest BCUT2D eigenvalue weighted by Gasteiger charge is 2.54. The van der Waals surface area contributed by atoms with Crippen LogP contribution in [-0.2, 0) is 9.53 Å². The van der Waals surface area contributed by atoms with Crippen molar-refractivity contribution < 1.29 is 14.3 Å². The molecule has 1 aromatic rings. The second-order valence-corrected chi connectivity index (χ2v) is 4.73. The predicted octanol–water partition coefficient (Wildman–Crippen LogP) is -0.261. The molecule has 2 aliphatic rings. The zero-order chi connectivity index (χ0) is 15.0. The molecule has 8 heteroatoms. The van der Waals surface area contributed by atoms with Gasteiger partial charge in [0, 0.05) is 19.6 Å². The van der Waals surface area contributed by atoms with Crippen LogP contribution in [0.3, 0.4) is 0 Å². The number of hydrazine groups is 1. The number of hydrogen-bond acceptors (Lipinski definition) is 5. The molecule has 1 saturated heterocycles. The van der Waals surface area contributed by atoms with Crippen LogP contribution in [0.5, 0.6) is 0 Å². The predicted molar refractivity (Wildman–Crippen MR) is 73.8 cm³/mol. The van der Waals surface area contributed by atoms with Crippen molar-refractivity contribution in [3.05, 3.63) is 35.9 Å². The molecule has 2 unspecified atom stereocenters. The summed E-state index contributed by atoms with van der Waals surface area (Å²) < 4.78 is 5.39. The maximum Gasteiger partial charge on any atom is 0.320 e. The molecule has 1 aromatic carbocycles. The molecular weight excluding hydrogens is 274 g/mol. The fourth-order valence-corrected chi connectivity index (χ4v) is 2.38. The van der Waals surface area contributed by atoms with E-state index in [1.54, 1.807) is 0 Å². The molecule has 3 amide bonds. The lowest BCUT2D eigenvalue weighted by molar-refractivity contribution is -0.147. The SMILES string of the molecule is COC12N=C(c3ccccc3)NN(C(C)=O)C1NC(=O)N2. The molecule has 21 heavy (non-hydrogen) atoms. The molecule has 0 bridgehead atoms. The Labute approximate surface area is 121 Å². The number of ether oxygens (including phenoxy) is 1. The number of nitrogens with zero attached hydrogens (tertiary/aromatic N) is 2. The largest absolute Gasteiger partial charge is 0.337 e. The summed E-state index contributed by atoms with van der Waals surface area (Å²) in [7, 11) is 1.43. The summed E-state index contributed by atoms with van der Waals surface area (Å²) in [5, 5.41) is 6.51. The fourth-order valence-electron chi connectivity index (χ4n) is 2.38. The zero-order valence-electron chi connectivity index (χ0n) is 11.6. The zero-order valence-corrected chi connectivity index (χ0v) is 11.6. The van der Waals surface area contributed by atoms with Crippen LogP contribution in [0.4, 0.5) is 4.79 Å². The van der Waals surface area contributed by atoms with Gasteiger partial charge in [0.15, 0.2) is 12.0 Å². The van der Waals surface area contributed by atoms with E-state index in [4.69, 9.17) is 4.74 Å². The molecule has 1 fully saturated rings. The minimum Gasteiger partial charge on any atom is -0.337 e. The van der Waals surface area contributed by atoms with Gasteiger partial charge in [-0.2, -0.15) is 0 Å². The van der Waals surface area contributed by atoms with Crippen LogP contribution in [0.2, 0.25) is 0 Å². The molecule has 0 aromatic heterocycles. The van der Waals surface area contributed by atoms with Gasteiger partial charge in [0.1, 0.15) is 0 Å². The van der Waals surface area contributed by atoms with Gasteiger partial charge in [-0.25, -0.2) is 14.8 Å². The highest BCUT2D eigenvalue weighted by Crippen LogP contribution is 2.26. The number of amidine groups is 1. The molecule has 0 radical (unpaired) electrons. The van der Waals surface area contributed by atoms with Gasteiger partial charge in [-0.3, -0.25) is 15.5 Å². The van der Waals surface area contributed by atoms with Crippen molar-refractivity contribution in [3.63, 3.8) is 0 Å². The van der Waals surface area contributed by atoms with E-state index in [2.05, 4.69) is 21.1 Å². The van der Waals surface area contributed by atoms with E-state index < -0.39 is 18.0 Å². The second kappa shape index (κ2) is 4.74. The molecule has 3 N–H and O–H groups in total. The van der Waals surface area contributed by atoms with Crippen LogP contribution in [0.1, 0.15) is 12.5 Å². The number of amides is 3. The van der Waals surface area contributed by atoms with Crippen molar-refractivity contribution in [1.29, 1.82) is 0 Å². The maximum atomic E-state index is 11.9. The summed E-state index contributed by atoms with van der Waals surface area (Å²) in [5.41, 5.74) is 3.70. The van der Waals surface area contributed by atoms with Crippen molar-refractivity contribution in [2.75, 3.05) is 7.11 Å². The first-order chi connectivity index (χ1) is 10.1. The number of benzene rings is 1. The number of carbonyl (C=O) groups is 2. The normalized spacial score (nSPS) is 27.1. The number of urea groups is 1. The minimum atomic E-state index is -1.35. The highest BCUT2D eigenvalue weighted by atomic mass is 16.5. The lowest BCUT2D eigenvalue weighted by atomic mass is 10.2. The number of hydrogen-bond donors (Lipinski definition) is 3. The van der Waals surface area contributed by atoms with E-state index in [1.807, 2.05) is 30.3 Å². The first-order valence-corrected chi connectivity index (χ1v) is 6.41. The summed E-state index contributed by atoms with van der Waals surface area (Å²) >= 11 is 0. The summed E-state index contributed by atoms with van der Waals surface area (Å²) in [6, 6.07) is 8.83. The van der Waals surface area contributed by atoms with Gasteiger partial charge in [0.2, 0.25) is 5.91 Å². The monoisotopic (exact) mass is 289 g/mol. The first-order valence-electron chi connectivity index (χ1n) is 6.41. The maximum absolute atomic E-state index is 11.9. The van der Waals surface area contributed by atoms with Crippen molar-refractivity contribution in [1.82, 2.24) is 21.1 Å². The Balaban J connectivity index is 2.08. The van der Waals surface area contributed by atoms with Crippen molar-refractivity contribution in [2.45, 2.75) is 18.9 Å². The Morgan fingerprint density at radius 1 is 1.38 bits per heavy atom. The molecule has 2 atom stereocenters. The van der Waals surface area contributed by atoms with Crippen LogP contribution in [0.25, 0.3) is 0 Å². The van der Waals surface area contributed by atoms with Gasteiger partial charge in [0.05, 0.1) is 0 Å². The Morgan fingerprint density at radius 2 is 2.10 bits per heavy atom. The number of nitrogens with one attached hydrogen (secondary N) is 3. The smallest absolute Gasteiger partial charge is 0.320 e. The number of methoxy groups -OCH3 is 1. The third-order valence-corrected chi connectivity index (χ3v) is 3.39. The van der Waals surface area contributed by atoms with Crippen LogP contribution in [0, 0.1) is 0 Å². The van der Waals surface area contributed by atoms with E-state index in [-0.39, 0.29) is 5.91 Å².